The van der Waals surface area contributed by atoms with Gasteiger partial charge in [0.05, 0.1) is 16.3 Å². The Kier molecular flexibility index (Phi) is 7.05. The van der Waals surface area contributed by atoms with Crippen molar-refractivity contribution in [3.05, 3.63) is 75.6 Å². The predicted octanol–water partition coefficient (Wildman–Crippen LogP) is 6.91. The summed E-state index contributed by atoms with van der Waals surface area (Å²) in [4.78, 5) is 5.53. The first-order valence-corrected chi connectivity index (χ1v) is 12.4. The van der Waals surface area contributed by atoms with Crippen molar-refractivity contribution in [3.8, 4) is 5.88 Å². The molecule has 1 N–H and O–H groups in total. The molecule has 1 aromatic carbocycles. The summed E-state index contributed by atoms with van der Waals surface area (Å²) < 4.78 is 44.0. The Hall–Kier alpha value is -1.74. The van der Waals surface area contributed by atoms with Crippen LogP contribution in [0, 0.1) is 0 Å². The maximum Gasteiger partial charge on any atom is 0.425 e. The zero-order valence-corrected chi connectivity index (χ0v) is 19.6. The van der Waals surface area contributed by atoms with E-state index < -0.39 is 17.8 Å². The van der Waals surface area contributed by atoms with Gasteiger partial charge in [-0.05, 0) is 60.4 Å². The molecular weight excluding hydrogens is 477 g/mol. The standard InChI is InChI=1S/C23H22ClF3N2OS2/c1-15(23(25,26)27)30-21-8-4-7-20(29-21)22(16-10-12-31-14-16)11-9-17(13-28-22)32-19-6-3-2-5-18(19)24/h2-8,10,12,14-15,17,28H,9,11,13H2,1H3. The Morgan fingerprint density at radius 1 is 1.22 bits per heavy atom. The highest BCUT2D eigenvalue weighted by molar-refractivity contribution is 8.00. The summed E-state index contributed by atoms with van der Waals surface area (Å²) in [5, 5.41) is 8.75. The number of aromatic nitrogens is 1. The molecule has 3 aromatic rings. The number of alkyl halides is 3. The van der Waals surface area contributed by atoms with Crippen LogP contribution in [0.2, 0.25) is 5.02 Å². The molecule has 0 aliphatic carbocycles. The van der Waals surface area contributed by atoms with Crippen molar-refractivity contribution in [2.24, 2.45) is 0 Å². The summed E-state index contributed by atoms with van der Waals surface area (Å²) in [6.45, 7) is 1.69. The van der Waals surface area contributed by atoms with Gasteiger partial charge < -0.3 is 10.1 Å². The van der Waals surface area contributed by atoms with Crippen molar-refractivity contribution in [2.45, 2.75) is 47.7 Å². The number of ether oxygens (including phenoxy) is 1. The summed E-state index contributed by atoms with van der Waals surface area (Å²) >= 11 is 9.64. The van der Waals surface area contributed by atoms with Crippen LogP contribution in [0.4, 0.5) is 13.2 Å². The number of rotatable bonds is 6. The molecule has 0 spiro atoms. The normalized spacial score (nSPS) is 22.5. The molecular formula is C23H22ClF3N2OS2. The molecule has 0 radical (unpaired) electrons. The third kappa shape index (κ3) is 5.09. The van der Waals surface area contributed by atoms with Crippen LogP contribution < -0.4 is 10.1 Å². The fourth-order valence-corrected chi connectivity index (χ4v) is 5.86. The second-order valence-corrected chi connectivity index (χ2v) is 10.2. The van der Waals surface area contributed by atoms with Crippen LogP contribution in [-0.4, -0.2) is 29.1 Å². The molecule has 2 aromatic heterocycles. The average molecular weight is 499 g/mol. The lowest BCUT2D eigenvalue weighted by Gasteiger charge is -2.41. The molecule has 3 atom stereocenters. The zero-order chi connectivity index (χ0) is 22.8. The van der Waals surface area contributed by atoms with Crippen LogP contribution in [0.15, 0.2) is 64.2 Å². The quantitative estimate of drug-likeness (QED) is 0.400. The number of piperidine rings is 1. The molecule has 3 unspecified atom stereocenters. The highest BCUT2D eigenvalue weighted by atomic mass is 35.5. The molecule has 3 heterocycles. The first kappa shape index (κ1) is 23.4. The molecule has 1 fully saturated rings. The summed E-state index contributed by atoms with van der Waals surface area (Å²) in [6.07, 6.45) is -4.74. The van der Waals surface area contributed by atoms with Crippen LogP contribution in [0.5, 0.6) is 5.88 Å². The van der Waals surface area contributed by atoms with E-state index in [-0.39, 0.29) is 5.88 Å². The molecule has 9 heteroatoms. The fourth-order valence-electron chi connectivity index (χ4n) is 3.76. The molecule has 32 heavy (non-hydrogen) atoms. The summed E-state index contributed by atoms with van der Waals surface area (Å²) in [5.41, 5.74) is 1.12. The lowest BCUT2D eigenvalue weighted by Crippen LogP contribution is -2.50. The molecule has 0 amide bonds. The highest BCUT2D eigenvalue weighted by Gasteiger charge is 2.41. The van der Waals surface area contributed by atoms with Crippen LogP contribution in [0.3, 0.4) is 0 Å². The fraction of sp³-hybridized carbons (Fsp3) is 0.348. The van der Waals surface area contributed by atoms with Gasteiger partial charge in [0, 0.05) is 22.8 Å². The number of nitrogens with zero attached hydrogens (tertiary/aromatic N) is 1. The Morgan fingerprint density at radius 2 is 2.03 bits per heavy atom. The zero-order valence-electron chi connectivity index (χ0n) is 17.2. The number of benzene rings is 1. The van der Waals surface area contributed by atoms with E-state index in [4.69, 9.17) is 16.3 Å². The van der Waals surface area contributed by atoms with Gasteiger partial charge in [0.2, 0.25) is 5.88 Å². The number of thioether (sulfide) groups is 1. The molecule has 0 bridgehead atoms. The van der Waals surface area contributed by atoms with Gasteiger partial charge in [-0.3, -0.25) is 0 Å². The highest BCUT2D eigenvalue weighted by Crippen LogP contribution is 2.42. The van der Waals surface area contributed by atoms with Gasteiger partial charge in [0.25, 0.3) is 0 Å². The molecule has 0 saturated carbocycles. The first-order chi connectivity index (χ1) is 15.3. The molecule has 170 valence electrons. The van der Waals surface area contributed by atoms with Gasteiger partial charge in [-0.25, -0.2) is 4.98 Å². The van der Waals surface area contributed by atoms with Gasteiger partial charge in [-0.15, -0.1) is 11.8 Å². The average Bonchev–Trinajstić information content (AvgIpc) is 3.31. The van der Waals surface area contributed by atoms with Crippen LogP contribution in [0.25, 0.3) is 0 Å². The van der Waals surface area contributed by atoms with Gasteiger partial charge in [-0.1, -0.05) is 29.8 Å². The van der Waals surface area contributed by atoms with E-state index in [0.717, 1.165) is 35.2 Å². The predicted molar refractivity (Wildman–Crippen MR) is 124 cm³/mol. The molecule has 1 aliphatic heterocycles. The van der Waals surface area contributed by atoms with Crippen LogP contribution in [0.1, 0.15) is 31.0 Å². The molecule has 1 aliphatic rings. The minimum atomic E-state index is -4.45. The SMILES string of the molecule is CC(Oc1cccc(C2(c3ccsc3)CCC(Sc3ccccc3Cl)CN2)n1)C(F)(F)F. The monoisotopic (exact) mass is 498 g/mol. The van der Waals surface area contributed by atoms with Crippen LogP contribution >= 0.6 is 34.7 Å². The van der Waals surface area contributed by atoms with E-state index in [1.807, 2.05) is 41.8 Å². The second-order valence-electron chi connectivity index (χ2n) is 7.67. The van der Waals surface area contributed by atoms with E-state index >= 15 is 0 Å². The third-order valence-corrected chi connectivity index (χ3v) is 8.01. The van der Waals surface area contributed by atoms with Crippen molar-refractivity contribution in [1.29, 1.82) is 0 Å². The lowest BCUT2D eigenvalue weighted by molar-refractivity contribution is -0.190. The first-order valence-electron chi connectivity index (χ1n) is 10.2. The number of hydrogen-bond donors (Lipinski definition) is 1. The lowest BCUT2D eigenvalue weighted by atomic mass is 9.80. The summed E-state index contributed by atoms with van der Waals surface area (Å²) in [7, 11) is 0. The largest absolute Gasteiger partial charge is 0.465 e. The van der Waals surface area contributed by atoms with Crippen molar-refractivity contribution in [2.75, 3.05) is 6.54 Å². The topological polar surface area (TPSA) is 34.1 Å². The molecule has 1 saturated heterocycles. The van der Waals surface area contributed by atoms with E-state index in [1.54, 1.807) is 29.2 Å². The van der Waals surface area contributed by atoms with Crippen LogP contribution in [-0.2, 0) is 5.54 Å². The van der Waals surface area contributed by atoms with Gasteiger partial charge in [0.15, 0.2) is 6.10 Å². The van der Waals surface area contributed by atoms with Crippen molar-refractivity contribution < 1.29 is 17.9 Å². The number of pyridine rings is 1. The Morgan fingerprint density at radius 3 is 2.69 bits per heavy atom. The summed E-state index contributed by atoms with van der Waals surface area (Å²) in [5.74, 6) is -0.0312. The van der Waals surface area contributed by atoms with Gasteiger partial charge in [-0.2, -0.15) is 24.5 Å². The Bertz CT molecular complexity index is 1040. The minimum Gasteiger partial charge on any atom is -0.465 e. The van der Waals surface area contributed by atoms with E-state index in [1.165, 1.54) is 6.07 Å². The van der Waals surface area contributed by atoms with E-state index in [2.05, 4.69) is 15.7 Å². The van der Waals surface area contributed by atoms with Crippen molar-refractivity contribution in [3.63, 3.8) is 0 Å². The number of halogens is 4. The minimum absolute atomic E-state index is 0.0312. The second kappa shape index (κ2) is 9.63. The molecule has 4 rings (SSSR count). The Labute approximate surface area is 198 Å². The number of nitrogens with one attached hydrogen (secondary N) is 1. The maximum absolute atomic E-state index is 13.0. The van der Waals surface area contributed by atoms with Crippen molar-refractivity contribution >= 4 is 34.7 Å². The van der Waals surface area contributed by atoms with Gasteiger partial charge >= 0.3 is 6.18 Å². The van der Waals surface area contributed by atoms with E-state index in [0.29, 0.717) is 17.5 Å². The summed E-state index contributed by atoms with van der Waals surface area (Å²) in [6, 6.07) is 14.8. The van der Waals surface area contributed by atoms with E-state index in [9.17, 15) is 13.2 Å². The maximum atomic E-state index is 13.0. The third-order valence-electron chi connectivity index (χ3n) is 5.54. The number of hydrogen-bond acceptors (Lipinski definition) is 5. The number of thiophene rings is 1. The Balaban J connectivity index is 1.57. The smallest absolute Gasteiger partial charge is 0.425 e. The van der Waals surface area contributed by atoms with Crippen molar-refractivity contribution in [1.82, 2.24) is 10.3 Å². The molecule has 3 nitrogen and oxygen atoms in total. The van der Waals surface area contributed by atoms with Gasteiger partial charge in [0.1, 0.15) is 0 Å².